The molecule has 0 aliphatic heterocycles. The molecule has 0 spiro atoms. The molecule has 3 rings (SSSR count). The molecular weight excluding hydrogens is 268 g/mol. The number of aromatic amines is 1. The van der Waals surface area contributed by atoms with E-state index in [0.29, 0.717) is 11.0 Å². The first kappa shape index (κ1) is 12.9. The van der Waals surface area contributed by atoms with Gasteiger partial charge < -0.3 is 10.1 Å². The molecule has 0 amide bonds. The van der Waals surface area contributed by atoms with E-state index in [4.69, 9.17) is 0 Å². The van der Waals surface area contributed by atoms with Crippen LogP contribution in [0.15, 0.2) is 58.6 Å². The van der Waals surface area contributed by atoms with Gasteiger partial charge in [0, 0.05) is 6.20 Å². The van der Waals surface area contributed by atoms with E-state index < -0.39 is 5.56 Å². The Hall–Kier alpha value is -3.15. The van der Waals surface area contributed by atoms with Gasteiger partial charge in [-0.05, 0) is 24.3 Å². The number of nitrogens with zero attached hydrogens (tertiary/aromatic N) is 2. The average molecular weight is 280 g/mol. The fourth-order valence-corrected chi connectivity index (χ4v) is 1.93. The van der Waals surface area contributed by atoms with Crippen molar-refractivity contribution in [1.29, 1.82) is 0 Å². The number of rotatable bonds is 3. The monoisotopic (exact) mass is 280 g/mol. The van der Waals surface area contributed by atoms with Crippen LogP contribution in [0.3, 0.4) is 0 Å². The highest BCUT2D eigenvalue weighted by molar-refractivity contribution is 5.93. The van der Waals surface area contributed by atoms with Crippen LogP contribution in [0.1, 0.15) is 5.56 Å². The van der Waals surface area contributed by atoms with Crippen molar-refractivity contribution in [2.75, 3.05) is 5.43 Å². The fraction of sp³-hybridized carbons (Fsp3) is 0. The van der Waals surface area contributed by atoms with Gasteiger partial charge in [0.1, 0.15) is 17.0 Å². The Bertz CT molecular complexity index is 856. The number of aromatic hydroxyl groups is 1. The van der Waals surface area contributed by atoms with Crippen LogP contribution in [-0.4, -0.2) is 21.3 Å². The summed E-state index contributed by atoms with van der Waals surface area (Å²) in [7, 11) is 0. The van der Waals surface area contributed by atoms with Crippen LogP contribution in [-0.2, 0) is 0 Å². The normalized spacial score (nSPS) is 11.0. The standard InChI is InChI=1S/C15H12N4O2/c20-13-11-7-4-8-16-14(11)18-15(21)12(13)9-17-19-10-5-2-1-3-6-10/h1-9,19H,(H2,16,18,20,21)/b17-9+. The van der Waals surface area contributed by atoms with E-state index in [-0.39, 0.29) is 11.3 Å². The van der Waals surface area contributed by atoms with Crippen molar-refractivity contribution in [3.8, 4) is 5.75 Å². The minimum Gasteiger partial charge on any atom is -0.506 e. The summed E-state index contributed by atoms with van der Waals surface area (Å²) >= 11 is 0. The van der Waals surface area contributed by atoms with Gasteiger partial charge in [-0.15, -0.1) is 0 Å². The molecule has 104 valence electrons. The van der Waals surface area contributed by atoms with Crippen LogP contribution in [0.4, 0.5) is 5.69 Å². The molecule has 2 aromatic heterocycles. The third-order valence-corrected chi connectivity index (χ3v) is 2.96. The van der Waals surface area contributed by atoms with Crippen LogP contribution in [0.5, 0.6) is 5.75 Å². The topological polar surface area (TPSA) is 90.4 Å². The summed E-state index contributed by atoms with van der Waals surface area (Å²) in [5.74, 6) is -0.138. The van der Waals surface area contributed by atoms with Gasteiger partial charge in [-0.25, -0.2) is 4.98 Å². The molecule has 21 heavy (non-hydrogen) atoms. The zero-order valence-corrected chi connectivity index (χ0v) is 10.9. The smallest absolute Gasteiger partial charge is 0.262 e. The molecule has 0 fully saturated rings. The van der Waals surface area contributed by atoms with E-state index in [0.717, 1.165) is 5.69 Å². The number of hydrazone groups is 1. The number of fused-ring (bicyclic) bond motifs is 1. The summed E-state index contributed by atoms with van der Waals surface area (Å²) in [4.78, 5) is 18.5. The molecule has 3 N–H and O–H groups in total. The molecule has 1 aromatic carbocycles. The second kappa shape index (κ2) is 5.46. The van der Waals surface area contributed by atoms with Crippen molar-refractivity contribution >= 4 is 22.9 Å². The molecule has 0 unspecified atom stereocenters. The van der Waals surface area contributed by atoms with E-state index >= 15 is 0 Å². The predicted octanol–water partition coefficient (Wildman–Crippen LogP) is 2.07. The molecule has 0 aliphatic carbocycles. The Morgan fingerprint density at radius 1 is 1.19 bits per heavy atom. The molecule has 3 aromatic rings. The Morgan fingerprint density at radius 2 is 2.00 bits per heavy atom. The Kier molecular flexibility index (Phi) is 3.34. The minimum absolute atomic E-state index is 0.0823. The lowest BCUT2D eigenvalue weighted by atomic mass is 10.2. The van der Waals surface area contributed by atoms with E-state index in [1.54, 1.807) is 18.3 Å². The highest BCUT2D eigenvalue weighted by Crippen LogP contribution is 2.21. The van der Waals surface area contributed by atoms with Crippen LogP contribution in [0.25, 0.3) is 11.0 Å². The van der Waals surface area contributed by atoms with Crippen LogP contribution in [0.2, 0.25) is 0 Å². The molecule has 0 atom stereocenters. The molecular formula is C15H12N4O2. The van der Waals surface area contributed by atoms with E-state index in [1.807, 2.05) is 30.3 Å². The van der Waals surface area contributed by atoms with Crippen LogP contribution < -0.4 is 11.0 Å². The fourth-order valence-electron chi connectivity index (χ4n) is 1.93. The maximum absolute atomic E-state index is 11.9. The third-order valence-electron chi connectivity index (χ3n) is 2.96. The lowest BCUT2D eigenvalue weighted by Gasteiger charge is -2.03. The van der Waals surface area contributed by atoms with E-state index in [1.165, 1.54) is 6.21 Å². The van der Waals surface area contributed by atoms with Gasteiger partial charge in [-0.3, -0.25) is 10.2 Å². The third kappa shape index (κ3) is 2.59. The lowest BCUT2D eigenvalue weighted by molar-refractivity contribution is 0.479. The molecule has 0 saturated carbocycles. The van der Waals surface area contributed by atoms with E-state index in [2.05, 4.69) is 20.5 Å². The molecule has 6 nitrogen and oxygen atoms in total. The number of hydrogen-bond donors (Lipinski definition) is 3. The van der Waals surface area contributed by atoms with Gasteiger partial charge in [-0.1, -0.05) is 18.2 Å². The van der Waals surface area contributed by atoms with Crippen molar-refractivity contribution in [1.82, 2.24) is 9.97 Å². The van der Waals surface area contributed by atoms with Crippen molar-refractivity contribution in [2.45, 2.75) is 0 Å². The second-order valence-electron chi connectivity index (χ2n) is 4.35. The predicted molar refractivity (Wildman–Crippen MR) is 81.7 cm³/mol. The zero-order valence-electron chi connectivity index (χ0n) is 10.9. The first-order valence-corrected chi connectivity index (χ1v) is 6.30. The highest BCUT2D eigenvalue weighted by atomic mass is 16.3. The first-order valence-electron chi connectivity index (χ1n) is 6.30. The summed E-state index contributed by atoms with van der Waals surface area (Å²) in [6, 6.07) is 12.7. The van der Waals surface area contributed by atoms with Gasteiger partial charge in [-0.2, -0.15) is 5.10 Å². The van der Waals surface area contributed by atoms with Crippen molar-refractivity contribution in [3.63, 3.8) is 0 Å². The van der Waals surface area contributed by atoms with Crippen molar-refractivity contribution in [2.24, 2.45) is 5.10 Å². The largest absolute Gasteiger partial charge is 0.506 e. The average Bonchev–Trinajstić information content (AvgIpc) is 2.51. The van der Waals surface area contributed by atoms with Gasteiger partial charge in [0.25, 0.3) is 5.56 Å². The number of hydrogen-bond acceptors (Lipinski definition) is 5. The minimum atomic E-state index is -0.447. The molecule has 0 radical (unpaired) electrons. The summed E-state index contributed by atoms with van der Waals surface area (Å²) in [5, 5.41) is 14.6. The summed E-state index contributed by atoms with van der Waals surface area (Å²) in [5.41, 5.74) is 3.55. The highest BCUT2D eigenvalue weighted by Gasteiger charge is 2.10. The lowest BCUT2D eigenvalue weighted by Crippen LogP contribution is -2.13. The number of anilines is 1. The molecule has 0 bridgehead atoms. The number of pyridine rings is 2. The molecule has 0 aliphatic rings. The Labute approximate surface area is 119 Å². The summed E-state index contributed by atoms with van der Waals surface area (Å²) in [6.45, 7) is 0. The first-order chi connectivity index (χ1) is 10.3. The Balaban J connectivity index is 1.95. The second-order valence-corrected chi connectivity index (χ2v) is 4.35. The molecule has 2 heterocycles. The SMILES string of the molecule is O=c1[nH]c2ncccc2c(O)c1/C=N/Nc1ccccc1. The Morgan fingerprint density at radius 3 is 2.81 bits per heavy atom. The maximum atomic E-state index is 11.9. The van der Waals surface area contributed by atoms with E-state index in [9.17, 15) is 9.90 Å². The van der Waals surface area contributed by atoms with Gasteiger partial charge in [0.05, 0.1) is 17.3 Å². The molecule has 0 saturated heterocycles. The van der Waals surface area contributed by atoms with Crippen molar-refractivity contribution in [3.05, 3.63) is 64.6 Å². The van der Waals surface area contributed by atoms with Gasteiger partial charge >= 0.3 is 0 Å². The number of para-hydroxylation sites is 1. The number of aromatic nitrogens is 2. The maximum Gasteiger partial charge on any atom is 0.262 e. The summed E-state index contributed by atoms with van der Waals surface area (Å²) in [6.07, 6.45) is 2.83. The number of H-pyrrole nitrogens is 1. The van der Waals surface area contributed by atoms with Gasteiger partial charge in [0.2, 0.25) is 0 Å². The number of benzene rings is 1. The van der Waals surface area contributed by atoms with Crippen LogP contribution in [0, 0.1) is 0 Å². The summed E-state index contributed by atoms with van der Waals surface area (Å²) < 4.78 is 0. The zero-order chi connectivity index (χ0) is 14.7. The molecule has 6 heteroatoms. The van der Waals surface area contributed by atoms with Crippen molar-refractivity contribution < 1.29 is 5.11 Å². The number of nitrogens with one attached hydrogen (secondary N) is 2. The van der Waals surface area contributed by atoms with Gasteiger partial charge in [0.15, 0.2) is 0 Å². The quantitative estimate of drug-likeness (QED) is 0.506. The van der Waals surface area contributed by atoms with Crippen LogP contribution >= 0.6 is 0 Å².